The fraction of sp³-hybridized carbons (Fsp3) is 0.347. The second-order valence-corrected chi connectivity index (χ2v) is 30.6. The Morgan fingerprint density at radius 1 is 0.474 bits per heavy atom. The Balaban J connectivity index is 0.000000241. The van der Waals surface area contributed by atoms with Crippen molar-refractivity contribution >= 4 is 137 Å². The van der Waals surface area contributed by atoms with Crippen molar-refractivity contribution in [3.05, 3.63) is 159 Å². The largest absolute Gasteiger partial charge is 0.488 e. The Bertz CT molecular complexity index is 4970. The minimum Gasteiger partial charge on any atom is -0.488 e. The molecule has 6 aromatic carbocycles. The molecule has 0 fully saturated rings. The van der Waals surface area contributed by atoms with Gasteiger partial charge in [-0.15, -0.1) is 0 Å². The fourth-order valence-corrected chi connectivity index (χ4v) is 12.8. The van der Waals surface area contributed by atoms with Crippen LogP contribution in [0.3, 0.4) is 0 Å². The maximum absolute atomic E-state index is 13.5. The SMILES string of the molecule is CC[C@H](C)[C@@H]1NC(=O)c2cc(N)ccc2NCc2ccc(C(N)=O)cc2NC(=O)[C@H](CCCCN)NC1=O.CS(=O)(=O)Nc1ccc2c(c1)C(=O)NC(CCCCN)C(=O)NCC(=O)Nc1cc(C(N)=O)ccc1CO2.CS(=O)(=O)Nc1ccc2c(c1)C(=O)NC(CCCN=C(N)N)C(=O)NCC(=O)Nc1cc(C(N)=O)ccc1CO2. The number of aliphatic imine (C=N–C) groups is 1. The van der Waals surface area contributed by atoms with Gasteiger partial charge in [0, 0.05) is 80.7 Å². The Hall–Kier alpha value is -13.2. The molecule has 0 aromatic heterocycles. The summed E-state index contributed by atoms with van der Waals surface area (Å²) in [6.07, 6.45) is 5.99. The van der Waals surface area contributed by atoms with Crippen LogP contribution in [-0.4, -0.2) is 163 Å². The molecule has 39 nitrogen and oxygen atoms in total. The molecule has 6 aromatic rings. The molecule has 0 saturated heterocycles. The number of nitrogens with one attached hydrogen (secondary N) is 12. The van der Waals surface area contributed by atoms with Crippen molar-refractivity contribution in [3.8, 4) is 11.5 Å². The van der Waals surface area contributed by atoms with Crippen LogP contribution in [0.15, 0.2) is 114 Å². The summed E-state index contributed by atoms with van der Waals surface area (Å²) in [4.78, 5) is 157. The number of benzene rings is 6. The van der Waals surface area contributed by atoms with Crippen LogP contribution < -0.4 is 118 Å². The van der Waals surface area contributed by atoms with Crippen molar-refractivity contribution in [1.29, 1.82) is 0 Å². The van der Waals surface area contributed by atoms with Gasteiger partial charge in [-0.1, -0.05) is 38.5 Å². The zero-order valence-corrected chi connectivity index (χ0v) is 65.7. The van der Waals surface area contributed by atoms with Crippen molar-refractivity contribution in [1.82, 2.24) is 31.9 Å². The van der Waals surface area contributed by atoms with Crippen LogP contribution >= 0.6 is 0 Å². The number of primary amides is 3. The zero-order valence-electron chi connectivity index (χ0n) is 64.0. The smallest absolute Gasteiger partial charge is 0.255 e. The van der Waals surface area contributed by atoms with E-state index in [9.17, 15) is 74.4 Å². The first-order chi connectivity index (χ1) is 54.9. The zero-order chi connectivity index (χ0) is 85.1. The summed E-state index contributed by atoms with van der Waals surface area (Å²) in [5.41, 5.74) is 48.2. The summed E-state index contributed by atoms with van der Waals surface area (Å²) in [6.45, 7) is 3.91. The average molecular weight is 1640 g/mol. The first-order valence-electron chi connectivity index (χ1n) is 36.5. The van der Waals surface area contributed by atoms with E-state index in [1.807, 2.05) is 13.8 Å². The molecular weight excluding hydrogens is 1550 g/mol. The second-order valence-electron chi connectivity index (χ2n) is 27.1. The summed E-state index contributed by atoms with van der Waals surface area (Å²) in [7, 11) is -7.30. The van der Waals surface area contributed by atoms with E-state index in [2.05, 4.69) is 67.6 Å². The highest BCUT2D eigenvalue weighted by molar-refractivity contribution is 7.92. The van der Waals surface area contributed by atoms with Crippen LogP contribution in [0.2, 0.25) is 0 Å². The number of amides is 12. The van der Waals surface area contributed by atoms with Gasteiger partial charge in [0.05, 0.1) is 42.3 Å². The molecule has 12 amide bonds. The lowest BCUT2D eigenvalue weighted by molar-refractivity contribution is -0.128. The molecule has 3 aliphatic rings. The maximum atomic E-state index is 13.5. The Kier molecular flexibility index (Phi) is 32.7. The number of carbonyl (C=O) groups excluding carboxylic acids is 12. The number of nitrogens with zero attached hydrogens (tertiary/aromatic N) is 1. The second kappa shape index (κ2) is 42.1. The third-order valence-corrected chi connectivity index (χ3v) is 19.1. The molecule has 0 saturated carbocycles. The fourth-order valence-electron chi connectivity index (χ4n) is 11.7. The molecule has 28 N–H and O–H groups in total. The van der Waals surface area contributed by atoms with Gasteiger partial charge in [0.1, 0.15) is 48.9 Å². The number of guanidine groups is 1. The number of fused-ring (bicyclic) bond motifs is 6. The number of nitrogens with two attached hydrogens (primary N) is 8. The minimum atomic E-state index is -3.67. The molecule has 0 aliphatic carbocycles. The lowest BCUT2D eigenvalue weighted by Gasteiger charge is -2.28. The van der Waals surface area contributed by atoms with Crippen LogP contribution in [-0.2, 0) is 68.6 Å². The third kappa shape index (κ3) is 27.6. The van der Waals surface area contributed by atoms with E-state index < -0.39 is 128 Å². The summed E-state index contributed by atoms with van der Waals surface area (Å²) in [5.74, 6) is -7.49. The molecule has 2 unspecified atom stereocenters. The van der Waals surface area contributed by atoms with E-state index in [-0.39, 0.29) is 119 Å². The lowest BCUT2D eigenvalue weighted by atomic mass is 9.96. The molecule has 0 radical (unpaired) electrons. The average Bonchev–Trinajstić information content (AvgIpc) is 0.828. The van der Waals surface area contributed by atoms with Crippen LogP contribution in [0.25, 0.3) is 0 Å². The molecular formula is C75H97N21O18S2. The Morgan fingerprint density at radius 3 is 1.34 bits per heavy atom. The van der Waals surface area contributed by atoms with Crippen LogP contribution in [0, 0.1) is 5.92 Å². The first kappa shape index (κ1) is 90.0. The highest BCUT2D eigenvalue weighted by Gasteiger charge is 2.33. The van der Waals surface area contributed by atoms with E-state index in [0.717, 1.165) is 12.5 Å². The number of hydrogen-bond donors (Lipinski definition) is 20. The third-order valence-electron chi connectivity index (χ3n) is 17.9. The number of carbonyl (C=O) groups is 12. The molecule has 9 rings (SSSR count). The van der Waals surface area contributed by atoms with E-state index in [1.165, 1.54) is 78.9 Å². The summed E-state index contributed by atoms with van der Waals surface area (Å²) in [6, 6.07) is 22.6. The molecule has 0 spiro atoms. The number of rotatable bonds is 21. The van der Waals surface area contributed by atoms with Gasteiger partial charge in [0.25, 0.3) is 17.7 Å². The van der Waals surface area contributed by atoms with Crippen LogP contribution in [0.5, 0.6) is 11.5 Å². The summed E-state index contributed by atoms with van der Waals surface area (Å²) in [5, 5.41) is 27.3. The van der Waals surface area contributed by atoms with Gasteiger partial charge >= 0.3 is 0 Å². The van der Waals surface area contributed by atoms with Crippen LogP contribution in [0.1, 0.15) is 150 Å². The van der Waals surface area contributed by atoms with Gasteiger partial charge in [-0.05, 0) is 167 Å². The monoisotopic (exact) mass is 1640 g/mol. The topological polar surface area (TPSA) is 656 Å². The standard InChI is InChI=1S/C27H37N7O4.C24H30N8O7S.C24H30N6O7S/c1-3-15(2)23-27(38)32-21(6-4-5-11-28)26(37)33-22-12-16(24(30)35)7-8-17(22)14-31-20-10-9-18(29)13-19(20)25(36)34-23;1-40(37,38)32-15-6-7-19-16(10-15)22(35)31-17(3-2-8-28-24(26)27)23(36)29-11-20(33)30-18-9-13(21(25)34)4-5-14(18)12-39-19;1-38(35,36)30-16-7-8-20-17(11-16)23(33)29-18(4-2-3-9-25)24(34)27-12-21(31)28-19-10-14(22(26)32)5-6-15(19)13-37-20/h7-10,12-13,15,21,23,31H,3-6,11,14,28-29H2,1-2H3,(H2,30,35)(H,32,38)(H,33,37)(H,34,36);4-7,9-10,17,32H,2-3,8,11-12H2,1H3,(H2,25,34)(H,29,36)(H,30,33)(H,31,35)(H4,26,27,28);5-8,10-11,18,30H,2-4,9,12-13,25H2,1H3,(H2,26,32)(H,27,34)(H,28,31)(H,29,33)/t15-,21-,23-;;/m0../s1. The molecule has 5 atom stereocenters. The number of sulfonamides is 2. The van der Waals surface area contributed by atoms with Gasteiger partial charge in [0.15, 0.2) is 5.96 Å². The molecule has 3 aliphatic heterocycles. The normalized spacial score (nSPS) is 17.1. The van der Waals surface area contributed by atoms with Crippen molar-refractivity contribution < 1.29 is 83.8 Å². The quantitative estimate of drug-likeness (QED) is 0.0204. The highest BCUT2D eigenvalue weighted by atomic mass is 32.2. The molecule has 3 heterocycles. The number of hydrogen-bond acceptors (Lipinski definition) is 23. The molecule has 116 heavy (non-hydrogen) atoms. The highest BCUT2D eigenvalue weighted by Crippen LogP contribution is 2.31. The van der Waals surface area contributed by atoms with Crippen molar-refractivity contribution in [2.45, 2.75) is 116 Å². The van der Waals surface area contributed by atoms with E-state index >= 15 is 0 Å². The lowest BCUT2D eigenvalue weighted by Crippen LogP contribution is -2.55. The van der Waals surface area contributed by atoms with Gasteiger partial charge in [0.2, 0.25) is 73.2 Å². The van der Waals surface area contributed by atoms with Crippen molar-refractivity contribution in [3.63, 3.8) is 0 Å². The van der Waals surface area contributed by atoms with Crippen molar-refractivity contribution in [2.75, 3.05) is 81.7 Å². The van der Waals surface area contributed by atoms with E-state index in [0.29, 0.717) is 91.8 Å². The Morgan fingerprint density at radius 2 is 0.905 bits per heavy atom. The predicted octanol–water partition coefficient (Wildman–Crippen LogP) is 0.678. The molecule has 41 heteroatoms. The van der Waals surface area contributed by atoms with Gasteiger partial charge in [-0.2, -0.15) is 0 Å². The number of anilines is 7. The minimum absolute atomic E-state index is 0.0216. The van der Waals surface area contributed by atoms with E-state index in [4.69, 9.17) is 55.3 Å². The molecule has 622 valence electrons. The van der Waals surface area contributed by atoms with E-state index in [1.54, 1.807) is 30.3 Å². The van der Waals surface area contributed by atoms with Gasteiger partial charge in [-0.3, -0.25) is 72.0 Å². The summed E-state index contributed by atoms with van der Waals surface area (Å²) >= 11 is 0. The van der Waals surface area contributed by atoms with Gasteiger partial charge in [-0.25, -0.2) is 16.8 Å². The number of ether oxygens (including phenoxy) is 2. The van der Waals surface area contributed by atoms with Crippen LogP contribution in [0.4, 0.5) is 39.8 Å². The Labute approximate surface area is 668 Å². The maximum Gasteiger partial charge on any atom is 0.255 e. The van der Waals surface area contributed by atoms with Crippen molar-refractivity contribution in [2.24, 2.45) is 51.0 Å². The first-order valence-corrected chi connectivity index (χ1v) is 40.3. The predicted molar refractivity (Wildman–Crippen MR) is 434 cm³/mol. The molecule has 0 bridgehead atoms. The number of nitrogen functional groups attached to an aromatic ring is 1. The number of unbranched alkanes of at least 4 members (excludes halogenated alkanes) is 2. The summed E-state index contributed by atoms with van der Waals surface area (Å²) < 4.78 is 63.4. The van der Waals surface area contributed by atoms with Gasteiger partial charge < -0.3 is 109 Å².